The first kappa shape index (κ1) is 17.5. The summed E-state index contributed by atoms with van der Waals surface area (Å²) in [5, 5.41) is 9.57. The molecule has 1 aliphatic heterocycles. The normalized spacial score (nSPS) is 13.0. The predicted octanol–water partition coefficient (Wildman–Crippen LogP) is 4.14. The van der Waals surface area contributed by atoms with Gasteiger partial charge in [-0.15, -0.1) is 10.2 Å². The molecule has 0 atom stereocenters. The van der Waals surface area contributed by atoms with Crippen molar-refractivity contribution in [3.05, 3.63) is 51.5 Å². The van der Waals surface area contributed by atoms with Crippen molar-refractivity contribution < 1.29 is 9.47 Å². The number of aromatic nitrogens is 3. The van der Waals surface area contributed by atoms with E-state index in [1.807, 2.05) is 36.4 Å². The fourth-order valence-electron chi connectivity index (χ4n) is 2.60. The van der Waals surface area contributed by atoms with Crippen LogP contribution in [0.25, 0.3) is 11.4 Å². The van der Waals surface area contributed by atoms with Crippen molar-refractivity contribution in [2.75, 3.05) is 19.1 Å². The lowest BCUT2D eigenvalue weighted by Crippen LogP contribution is -2.15. The Labute approximate surface area is 167 Å². The van der Waals surface area contributed by atoms with Gasteiger partial charge < -0.3 is 15.3 Å². The van der Waals surface area contributed by atoms with E-state index in [9.17, 15) is 0 Å². The molecule has 0 bridgehead atoms. The first-order valence-electron chi connectivity index (χ1n) is 7.79. The molecular formula is C17H14BrClN4O2S. The quantitative estimate of drug-likeness (QED) is 0.473. The second-order valence-corrected chi connectivity index (χ2v) is 7.75. The third kappa shape index (κ3) is 3.36. The molecule has 2 aromatic carbocycles. The summed E-state index contributed by atoms with van der Waals surface area (Å²) in [6.07, 6.45) is 0. The largest absolute Gasteiger partial charge is 0.486 e. The molecule has 0 saturated carbocycles. The monoisotopic (exact) mass is 452 g/mol. The van der Waals surface area contributed by atoms with E-state index in [-0.39, 0.29) is 0 Å². The third-order valence-corrected chi connectivity index (χ3v) is 5.79. The van der Waals surface area contributed by atoms with Crippen molar-refractivity contribution in [3.63, 3.8) is 0 Å². The number of nitrogen functional groups attached to an aromatic ring is 1. The van der Waals surface area contributed by atoms with Crippen molar-refractivity contribution in [2.24, 2.45) is 0 Å². The average molecular weight is 454 g/mol. The van der Waals surface area contributed by atoms with Gasteiger partial charge in [-0.1, -0.05) is 51.4 Å². The van der Waals surface area contributed by atoms with Gasteiger partial charge in [-0.25, -0.2) is 4.68 Å². The van der Waals surface area contributed by atoms with Crippen LogP contribution in [-0.4, -0.2) is 28.1 Å². The average Bonchev–Trinajstić information content (AvgIpc) is 3.01. The standard InChI is InChI=1S/C17H14BrClN4O2S/c18-12-4-2-1-3-11(12)16-21-22-17(23(16)20)26-9-10-7-13(19)15-14(8-10)24-5-6-25-15/h1-4,7-8H,5-6,9,20H2. The van der Waals surface area contributed by atoms with Crippen molar-refractivity contribution in [3.8, 4) is 22.9 Å². The van der Waals surface area contributed by atoms with E-state index in [0.717, 1.165) is 15.6 Å². The predicted molar refractivity (Wildman–Crippen MR) is 105 cm³/mol. The molecular weight excluding hydrogens is 440 g/mol. The molecule has 0 radical (unpaired) electrons. The molecule has 0 amide bonds. The van der Waals surface area contributed by atoms with Gasteiger partial charge in [0.05, 0.1) is 5.02 Å². The molecule has 4 rings (SSSR count). The van der Waals surface area contributed by atoms with E-state index >= 15 is 0 Å². The Hall–Kier alpha value is -1.90. The van der Waals surface area contributed by atoms with Gasteiger partial charge >= 0.3 is 0 Å². The highest BCUT2D eigenvalue weighted by atomic mass is 79.9. The number of nitrogens with zero attached hydrogens (tertiary/aromatic N) is 3. The van der Waals surface area contributed by atoms with Gasteiger partial charge in [0.1, 0.15) is 13.2 Å². The molecule has 2 N–H and O–H groups in total. The highest BCUT2D eigenvalue weighted by molar-refractivity contribution is 9.10. The van der Waals surface area contributed by atoms with Crippen LogP contribution in [0.5, 0.6) is 11.5 Å². The van der Waals surface area contributed by atoms with Gasteiger partial charge in [0.25, 0.3) is 0 Å². The van der Waals surface area contributed by atoms with Crippen molar-refractivity contribution in [1.29, 1.82) is 0 Å². The zero-order valence-corrected chi connectivity index (χ0v) is 16.6. The number of thioether (sulfide) groups is 1. The van der Waals surface area contributed by atoms with Gasteiger partial charge in [-0.3, -0.25) is 0 Å². The first-order valence-corrected chi connectivity index (χ1v) is 9.95. The maximum Gasteiger partial charge on any atom is 0.210 e. The van der Waals surface area contributed by atoms with E-state index in [0.29, 0.717) is 46.5 Å². The smallest absolute Gasteiger partial charge is 0.210 e. The highest BCUT2D eigenvalue weighted by Crippen LogP contribution is 2.39. The van der Waals surface area contributed by atoms with Gasteiger partial charge in [0.2, 0.25) is 5.16 Å². The lowest BCUT2D eigenvalue weighted by atomic mass is 10.2. The summed E-state index contributed by atoms with van der Waals surface area (Å²) in [4.78, 5) is 0. The zero-order valence-electron chi connectivity index (χ0n) is 13.5. The lowest BCUT2D eigenvalue weighted by Gasteiger charge is -2.20. The number of nitrogens with two attached hydrogens (primary N) is 1. The Morgan fingerprint density at radius 1 is 1.19 bits per heavy atom. The molecule has 0 aliphatic carbocycles. The van der Waals surface area contributed by atoms with Gasteiger partial charge in [0.15, 0.2) is 17.3 Å². The molecule has 26 heavy (non-hydrogen) atoms. The third-order valence-electron chi connectivity index (χ3n) is 3.80. The number of hydrogen-bond donors (Lipinski definition) is 1. The number of fused-ring (bicyclic) bond motifs is 1. The van der Waals surface area contributed by atoms with Crippen LogP contribution >= 0.6 is 39.3 Å². The fourth-order valence-corrected chi connectivity index (χ4v) is 4.13. The minimum Gasteiger partial charge on any atom is -0.486 e. The van der Waals surface area contributed by atoms with Crippen LogP contribution < -0.4 is 15.3 Å². The summed E-state index contributed by atoms with van der Waals surface area (Å²) >= 11 is 11.3. The van der Waals surface area contributed by atoms with Crippen molar-refractivity contribution in [1.82, 2.24) is 14.9 Å². The summed E-state index contributed by atoms with van der Waals surface area (Å²) < 4.78 is 13.6. The SMILES string of the molecule is Nn1c(SCc2cc(Cl)c3c(c2)OCCO3)nnc1-c1ccccc1Br. The van der Waals surface area contributed by atoms with Crippen LogP contribution in [-0.2, 0) is 5.75 Å². The minimum absolute atomic E-state index is 0.509. The van der Waals surface area contributed by atoms with Crippen molar-refractivity contribution in [2.45, 2.75) is 10.9 Å². The van der Waals surface area contributed by atoms with E-state index in [1.165, 1.54) is 16.4 Å². The Morgan fingerprint density at radius 3 is 2.85 bits per heavy atom. The summed E-state index contributed by atoms with van der Waals surface area (Å²) in [7, 11) is 0. The molecule has 0 unspecified atom stereocenters. The van der Waals surface area contributed by atoms with E-state index in [2.05, 4.69) is 26.1 Å². The first-order chi connectivity index (χ1) is 12.6. The van der Waals surface area contributed by atoms with Gasteiger partial charge in [0, 0.05) is 15.8 Å². The molecule has 1 aromatic heterocycles. The number of benzene rings is 2. The summed E-state index contributed by atoms with van der Waals surface area (Å²) in [5.74, 6) is 8.68. The molecule has 1 aliphatic rings. The molecule has 6 nitrogen and oxygen atoms in total. The summed E-state index contributed by atoms with van der Waals surface area (Å²) in [5.41, 5.74) is 1.88. The number of hydrogen-bond acceptors (Lipinski definition) is 6. The van der Waals surface area contributed by atoms with Crippen LogP contribution in [0, 0.1) is 0 Å². The molecule has 134 valence electrons. The van der Waals surface area contributed by atoms with Crippen LogP contribution in [0.15, 0.2) is 46.0 Å². The summed E-state index contributed by atoms with van der Waals surface area (Å²) in [6.45, 7) is 1.03. The van der Waals surface area contributed by atoms with Gasteiger partial charge in [-0.2, -0.15) is 0 Å². The highest BCUT2D eigenvalue weighted by Gasteiger charge is 2.18. The Kier molecular flexibility index (Phi) is 4.97. The van der Waals surface area contributed by atoms with Crippen LogP contribution in [0.2, 0.25) is 5.02 Å². The number of ether oxygens (including phenoxy) is 2. The lowest BCUT2D eigenvalue weighted by molar-refractivity contribution is 0.171. The van der Waals surface area contributed by atoms with E-state index in [4.69, 9.17) is 26.9 Å². The summed E-state index contributed by atoms with van der Waals surface area (Å²) in [6, 6.07) is 11.5. The Morgan fingerprint density at radius 2 is 2.00 bits per heavy atom. The second-order valence-electron chi connectivity index (χ2n) is 5.55. The topological polar surface area (TPSA) is 75.2 Å². The Balaban J connectivity index is 1.54. The molecule has 0 saturated heterocycles. The van der Waals surface area contributed by atoms with Crippen molar-refractivity contribution >= 4 is 39.3 Å². The number of rotatable bonds is 4. The Bertz CT molecular complexity index is 966. The maximum absolute atomic E-state index is 6.28. The molecule has 0 fully saturated rings. The fraction of sp³-hybridized carbons (Fsp3) is 0.176. The van der Waals surface area contributed by atoms with Gasteiger partial charge in [-0.05, 0) is 29.8 Å². The van der Waals surface area contributed by atoms with Crippen LogP contribution in [0.3, 0.4) is 0 Å². The second kappa shape index (κ2) is 7.38. The molecule has 9 heteroatoms. The minimum atomic E-state index is 0.509. The van der Waals surface area contributed by atoms with Crippen LogP contribution in [0.4, 0.5) is 0 Å². The molecule has 0 spiro atoms. The molecule has 3 aromatic rings. The van der Waals surface area contributed by atoms with E-state index in [1.54, 1.807) is 0 Å². The zero-order chi connectivity index (χ0) is 18.1. The van der Waals surface area contributed by atoms with Crippen LogP contribution in [0.1, 0.15) is 5.56 Å². The maximum atomic E-state index is 6.28. The number of halogens is 2. The van der Waals surface area contributed by atoms with E-state index < -0.39 is 0 Å². The molecule has 2 heterocycles.